The lowest BCUT2D eigenvalue weighted by atomic mass is 10.1. The number of halogens is 2. The lowest BCUT2D eigenvalue weighted by Crippen LogP contribution is -2.13. The zero-order valence-corrected chi connectivity index (χ0v) is 15.3. The normalized spacial score (nSPS) is 10.7. The molecule has 2 rings (SSSR count). The lowest BCUT2D eigenvalue weighted by Gasteiger charge is -2.10. The van der Waals surface area contributed by atoms with Gasteiger partial charge in [0.1, 0.15) is 10.7 Å². The minimum Gasteiger partial charge on any atom is -0.330 e. The second-order valence-corrected chi connectivity index (χ2v) is 7.18. The smallest absolute Gasteiger partial charge is 0.263 e. The molecule has 0 atom stereocenters. The largest absolute Gasteiger partial charge is 0.330 e. The van der Waals surface area contributed by atoms with Crippen LogP contribution in [0.5, 0.6) is 0 Å². The number of sulfonamides is 1. The molecule has 4 nitrogen and oxygen atoms in total. The van der Waals surface area contributed by atoms with Gasteiger partial charge in [-0.05, 0) is 48.9 Å². The summed E-state index contributed by atoms with van der Waals surface area (Å²) in [4.78, 5) is -0.170. The van der Waals surface area contributed by atoms with Gasteiger partial charge in [-0.3, -0.25) is 4.72 Å². The van der Waals surface area contributed by atoms with Gasteiger partial charge >= 0.3 is 0 Å². The van der Waals surface area contributed by atoms with Crippen molar-refractivity contribution in [3.05, 3.63) is 58.9 Å². The number of anilines is 1. The maximum absolute atomic E-state index is 13.0. The van der Waals surface area contributed by atoms with Crippen LogP contribution in [0, 0.1) is 5.82 Å². The molecule has 0 radical (unpaired) electrons. The molecule has 0 amide bonds. The molecule has 0 saturated carbocycles. The zero-order chi connectivity index (χ0) is 18.2. The summed E-state index contributed by atoms with van der Waals surface area (Å²) < 4.78 is 39.8. The van der Waals surface area contributed by atoms with Crippen molar-refractivity contribution >= 4 is 27.3 Å². The Kier molecular flexibility index (Phi) is 8.18. The molecule has 2 aromatic rings. The van der Waals surface area contributed by atoms with Crippen LogP contribution >= 0.6 is 11.6 Å². The fourth-order valence-corrected chi connectivity index (χ4v) is 3.40. The quantitative estimate of drug-likeness (QED) is 0.826. The molecule has 0 heterocycles. The SMILES string of the molecule is CCC.NCCc1ccc(NS(=O)(=O)c2ccc(F)cc2Cl)cc1. The average molecular weight is 373 g/mol. The topological polar surface area (TPSA) is 72.2 Å². The molecule has 0 bridgehead atoms. The van der Waals surface area contributed by atoms with Gasteiger partial charge in [-0.1, -0.05) is 44.0 Å². The van der Waals surface area contributed by atoms with Crippen LogP contribution in [0.3, 0.4) is 0 Å². The van der Waals surface area contributed by atoms with Crippen molar-refractivity contribution in [3.63, 3.8) is 0 Å². The van der Waals surface area contributed by atoms with Crippen molar-refractivity contribution in [2.75, 3.05) is 11.3 Å². The summed E-state index contributed by atoms with van der Waals surface area (Å²) in [6, 6.07) is 9.99. The van der Waals surface area contributed by atoms with Crippen LogP contribution in [0.4, 0.5) is 10.1 Å². The van der Waals surface area contributed by atoms with E-state index in [0.29, 0.717) is 12.2 Å². The predicted octanol–water partition coefficient (Wildman–Crippen LogP) is 4.20. The predicted molar refractivity (Wildman–Crippen MR) is 97.4 cm³/mol. The van der Waals surface area contributed by atoms with E-state index < -0.39 is 15.8 Å². The van der Waals surface area contributed by atoms with E-state index >= 15 is 0 Å². The molecule has 0 aliphatic carbocycles. The van der Waals surface area contributed by atoms with Gasteiger partial charge in [0.05, 0.1) is 5.02 Å². The Hall–Kier alpha value is -1.63. The second-order valence-electron chi connectivity index (χ2n) is 5.12. The van der Waals surface area contributed by atoms with Gasteiger partial charge < -0.3 is 5.73 Å². The summed E-state index contributed by atoms with van der Waals surface area (Å²) in [7, 11) is -3.86. The summed E-state index contributed by atoms with van der Waals surface area (Å²) in [5.74, 6) is -0.593. The summed E-state index contributed by atoms with van der Waals surface area (Å²) >= 11 is 5.77. The summed E-state index contributed by atoms with van der Waals surface area (Å²) in [6.07, 6.45) is 1.97. The first-order valence-corrected chi connectivity index (χ1v) is 9.47. The van der Waals surface area contributed by atoms with Crippen LogP contribution in [0.25, 0.3) is 0 Å². The van der Waals surface area contributed by atoms with E-state index in [1.54, 1.807) is 24.3 Å². The van der Waals surface area contributed by atoms with Crippen molar-refractivity contribution in [2.24, 2.45) is 5.73 Å². The number of hydrogen-bond acceptors (Lipinski definition) is 3. The van der Waals surface area contributed by atoms with Gasteiger partial charge in [0.25, 0.3) is 10.0 Å². The highest BCUT2D eigenvalue weighted by atomic mass is 35.5. The molecule has 0 aliphatic heterocycles. The molecule has 0 fully saturated rings. The Morgan fingerprint density at radius 1 is 1.12 bits per heavy atom. The molecule has 2 aromatic carbocycles. The van der Waals surface area contributed by atoms with Crippen LogP contribution in [0.2, 0.25) is 5.02 Å². The van der Waals surface area contributed by atoms with E-state index in [-0.39, 0.29) is 9.92 Å². The first kappa shape index (κ1) is 20.4. The molecule has 24 heavy (non-hydrogen) atoms. The number of nitrogens with two attached hydrogens (primary N) is 1. The maximum atomic E-state index is 13.0. The fourth-order valence-electron chi connectivity index (χ4n) is 1.81. The average Bonchev–Trinajstić information content (AvgIpc) is 2.49. The minimum atomic E-state index is -3.86. The molecule has 7 heteroatoms. The third-order valence-corrected chi connectivity index (χ3v) is 4.69. The lowest BCUT2D eigenvalue weighted by molar-refractivity contribution is 0.600. The standard InChI is InChI=1S/C14H14ClFN2O2S.C3H8/c15-13-9-11(16)3-6-14(13)21(19,20)18-12-4-1-10(2-5-12)7-8-17;1-3-2/h1-6,9,18H,7-8,17H2;3H2,1-2H3. The van der Waals surface area contributed by atoms with Gasteiger partial charge in [0.15, 0.2) is 0 Å². The Morgan fingerprint density at radius 2 is 1.71 bits per heavy atom. The van der Waals surface area contributed by atoms with E-state index in [4.69, 9.17) is 17.3 Å². The van der Waals surface area contributed by atoms with Gasteiger partial charge in [-0.15, -0.1) is 0 Å². The second kappa shape index (κ2) is 9.61. The van der Waals surface area contributed by atoms with Crippen LogP contribution in [-0.4, -0.2) is 15.0 Å². The molecule has 0 aliphatic rings. The molecular weight excluding hydrogens is 351 g/mol. The number of hydrogen-bond donors (Lipinski definition) is 2. The highest BCUT2D eigenvalue weighted by Crippen LogP contribution is 2.24. The highest BCUT2D eigenvalue weighted by molar-refractivity contribution is 7.92. The van der Waals surface area contributed by atoms with E-state index in [0.717, 1.165) is 30.2 Å². The van der Waals surface area contributed by atoms with Crippen molar-refractivity contribution in [3.8, 4) is 0 Å². The summed E-state index contributed by atoms with van der Waals surface area (Å²) in [5.41, 5.74) is 6.86. The molecular formula is C17H22ClFN2O2S. The summed E-state index contributed by atoms with van der Waals surface area (Å²) in [5, 5.41) is -0.165. The molecule has 0 saturated heterocycles. The van der Waals surface area contributed by atoms with E-state index in [1.165, 1.54) is 6.42 Å². The maximum Gasteiger partial charge on any atom is 0.263 e. The molecule has 0 unspecified atom stereocenters. The van der Waals surface area contributed by atoms with Crippen molar-refractivity contribution in [1.82, 2.24) is 0 Å². The van der Waals surface area contributed by atoms with Crippen LogP contribution in [-0.2, 0) is 16.4 Å². The molecule has 3 N–H and O–H groups in total. The third kappa shape index (κ3) is 6.11. The first-order chi connectivity index (χ1) is 11.3. The third-order valence-electron chi connectivity index (χ3n) is 2.82. The van der Waals surface area contributed by atoms with E-state index in [1.807, 2.05) is 0 Å². The van der Waals surface area contributed by atoms with Crippen molar-refractivity contribution in [2.45, 2.75) is 31.6 Å². The highest BCUT2D eigenvalue weighted by Gasteiger charge is 2.18. The number of nitrogens with one attached hydrogen (secondary N) is 1. The van der Waals surface area contributed by atoms with Gasteiger partial charge in [-0.25, -0.2) is 12.8 Å². The zero-order valence-electron chi connectivity index (χ0n) is 13.7. The van der Waals surface area contributed by atoms with Crippen molar-refractivity contribution in [1.29, 1.82) is 0 Å². The Bertz CT molecular complexity index is 750. The number of rotatable bonds is 5. The van der Waals surface area contributed by atoms with Crippen LogP contribution in [0.1, 0.15) is 25.8 Å². The Morgan fingerprint density at radius 3 is 2.21 bits per heavy atom. The van der Waals surface area contributed by atoms with Crippen molar-refractivity contribution < 1.29 is 12.8 Å². The van der Waals surface area contributed by atoms with Crippen LogP contribution in [0.15, 0.2) is 47.4 Å². The van der Waals surface area contributed by atoms with E-state index in [9.17, 15) is 12.8 Å². The molecule has 0 spiro atoms. The number of benzene rings is 2. The van der Waals surface area contributed by atoms with E-state index in [2.05, 4.69) is 18.6 Å². The Balaban J connectivity index is 0.000000891. The minimum absolute atomic E-state index is 0.165. The Labute approximate surface area is 147 Å². The van der Waals surface area contributed by atoms with Gasteiger partial charge in [-0.2, -0.15) is 0 Å². The van der Waals surface area contributed by atoms with Crippen LogP contribution < -0.4 is 10.5 Å². The molecule has 0 aromatic heterocycles. The fraction of sp³-hybridized carbons (Fsp3) is 0.294. The van der Waals surface area contributed by atoms with Gasteiger partial charge in [0, 0.05) is 5.69 Å². The summed E-state index contributed by atoms with van der Waals surface area (Å²) in [6.45, 7) is 4.77. The first-order valence-electron chi connectivity index (χ1n) is 7.60. The molecule has 132 valence electrons. The monoisotopic (exact) mass is 372 g/mol. The van der Waals surface area contributed by atoms with Gasteiger partial charge in [0.2, 0.25) is 0 Å².